The van der Waals surface area contributed by atoms with E-state index in [1.54, 1.807) is 6.92 Å². The second-order valence-corrected chi connectivity index (χ2v) is 9.15. The Labute approximate surface area is 196 Å². The first-order valence-corrected chi connectivity index (χ1v) is 11.2. The van der Waals surface area contributed by atoms with E-state index in [0.29, 0.717) is 29.1 Å². The Morgan fingerprint density at radius 1 is 1.18 bits per heavy atom. The number of nitrogens with one attached hydrogen (secondary N) is 1. The molecule has 1 aliphatic carbocycles. The lowest BCUT2D eigenvalue weighted by molar-refractivity contribution is 0.146. The van der Waals surface area contributed by atoms with Gasteiger partial charge in [0.2, 0.25) is 0 Å². The van der Waals surface area contributed by atoms with Crippen molar-refractivity contribution in [1.29, 1.82) is 5.26 Å². The maximum absolute atomic E-state index is 14.8. The first-order valence-electron chi connectivity index (χ1n) is 11.2. The second-order valence-electron chi connectivity index (χ2n) is 9.15. The zero-order chi connectivity index (χ0) is 24.6. The lowest BCUT2D eigenvalue weighted by Gasteiger charge is -2.20. The molecule has 34 heavy (non-hydrogen) atoms. The summed E-state index contributed by atoms with van der Waals surface area (Å²) < 4.78 is 41.2. The van der Waals surface area contributed by atoms with E-state index in [0.717, 1.165) is 36.7 Å². The van der Waals surface area contributed by atoms with Crippen molar-refractivity contribution in [1.82, 2.24) is 19.9 Å². The van der Waals surface area contributed by atoms with Gasteiger partial charge in [0.1, 0.15) is 17.5 Å². The summed E-state index contributed by atoms with van der Waals surface area (Å²) in [5.74, 6) is 0.0779. The van der Waals surface area contributed by atoms with Gasteiger partial charge in [-0.2, -0.15) is 5.26 Å². The Bertz CT molecular complexity index is 1260. The van der Waals surface area contributed by atoms with Gasteiger partial charge in [-0.3, -0.25) is 0 Å². The Hall–Kier alpha value is -3.25. The van der Waals surface area contributed by atoms with Crippen molar-refractivity contribution < 1.29 is 13.2 Å². The molecule has 0 spiro atoms. The molecule has 0 radical (unpaired) electrons. The van der Waals surface area contributed by atoms with E-state index in [1.165, 1.54) is 12.1 Å². The number of anilines is 1. The molecule has 0 amide bonds. The molecule has 9 heteroatoms. The van der Waals surface area contributed by atoms with E-state index >= 15 is 0 Å². The lowest BCUT2D eigenvalue weighted by Crippen LogP contribution is -2.18. The molecule has 4 rings (SSSR count). The zero-order valence-corrected chi connectivity index (χ0v) is 19.7. The Balaban J connectivity index is 1.80. The fraction of sp³-hybridized carbons (Fsp3) is 0.440. The molecule has 1 atom stereocenters. The SMILES string of the molecule is Cc1nc2nc(CCN(C)C)nc(N[C@H](C)c3cccc(C(F)F)c3F)c2cc1C1(C#N)CC1. The Kier molecular flexibility index (Phi) is 6.45. The number of nitriles is 1. The molecule has 3 aromatic rings. The smallest absolute Gasteiger partial charge is 0.266 e. The summed E-state index contributed by atoms with van der Waals surface area (Å²) in [4.78, 5) is 16.0. The zero-order valence-electron chi connectivity index (χ0n) is 19.7. The topological polar surface area (TPSA) is 77.7 Å². The van der Waals surface area contributed by atoms with Crippen LogP contribution in [0.5, 0.6) is 0 Å². The number of aryl methyl sites for hydroxylation is 1. The number of hydrogen-bond donors (Lipinski definition) is 1. The molecule has 0 unspecified atom stereocenters. The first-order chi connectivity index (χ1) is 16.1. The molecule has 1 aromatic carbocycles. The number of hydrogen-bond acceptors (Lipinski definition) is 6. The van der Waals surface area contributed by atoms with Crippen LogP contribution in [-0.4, -0.2) is 40.5 Å². The van der Waals surface area contributed by atoms with Gasteiger partial charge in [0.15, 0.2) is 5.65 Å². The molecular formula is C25H27F3N6. The minimum Gasteiger partial charge on any atom is -0.363 e. The standard InChI is InChI=1S/C25H27F3N6/c1-14(16-6-5-7-17(21(16)26)22(27)28)30-23-18-12-19(25(13-29)9-10-25)15(2)31-24(18)33-20(32-23)8-11-34(3)4/h5-7,12,14,22H,8-11H2,1-4H3,(H,30,31,32,33)/t14-/m1/s1. The van der Waals surface area contributed by atoms with Crippen LogP contribution in [0.1, 0.15) is 60.4 Å². The van der Waals surface area contributed by atoms with Gasteiger partial charge in [0.25, 0.3) is 6.43 Å². The number of alkyl halides is 2. The number of nitrogens with zero attached hydrogens (tertiary/aromatic N) is 5. The number of benzene rings is 1. The molecule has 1 fully saturated rings. The van der Waals surface area contributed by atoms with Crippen LogP contribution in [0.2, 0.25) is 0 Å². The highest BCUT2D eigenvalue weighted by Crippen LogP contribution is 2.49. The van der Waals surface area contributed by atoms with Crippen molar-refractivity contribution in [2.24, 2.45) is 0 Å². The number of rotatable bonds is 8. The van der Waals surface area contributed by atoms with Crippen LogP contribution in [0.3, 0.4) is 0 Å². The summed E-state index contributed by atoms with van der Waals surface area (Å²) in [6.45, 7) is 4.29. The molecule has 2 aromatic heterocycles. The van der Waals surface area contributed by atoms with Gasteiger partial charge in [0.05, 0.1) is 28.5 Å². The van der Waals surface area contributed by atoms with Crippen LogP contribution in [-0.2, 0) is 11.8 Å². The number of fused-ring (bicyclic) bond motifs is 1. The highest BCUT2D eigenvalue weighted by Gasteiger charge is 2.46. The fourth-order valence-corrected chi connectivity index (χ4v) is 4.14. The van der Waals surface area contributed by atoms with E-state index in [-0.39, 0.29) is 5.56 Å². The summed E-state index contributed by atoms with van der Waals surface area (Å²) >= 11 is 0. The predicted octanol–water partition coefficient (Wildman–Crippen LogP) is 5.24. The molecule has 0 aliphatic heterocycles. The Morgan fingerprint density at radius 3 is 2.50 bits per heavy atom. The third kappa shape index (κ3) is 4.55. The third-order valence-electron chi connectivity index (χ3n) is 6.30. The first kappa shape index (κ1) is 23.9. The van der Waals surface area contributed by atoms with Gasteiger partial charge >= 0.3 is 0 Å². The van der Waals surface area contributed by atoms with Crippen LogP contribution in [0.15, 0.2) is 24.3 Å². The van der Waals surface area contributed by atoms with Crippen molar-refractivity contribution in [3.05, 3.63) is 58.3 Å². The average molecular weight is 469 g/mol. The molecule has 0 saturated heterocycles. The van der Waals surface area contributed by atoms with Crippen molar-refractivity contribution in [3.8, 4) is 6.07 Å². The quantitative estimate of drug-likeness (QED) is 0.487. The highest BCUT2D eigenvalue weighted by molar-refractivity contribution is 5.88. The van der Waals surface area contributed by atoms with Crippen LogP contribution < -0.4 is 5.32 Å². The van der Waals surface area contributed by atoms with Gasteiger partial charge in [-0.1, -0.05) is 18.2 Å². The molecule has 1 saturated carbocycles. The molecule has 1 aliphatic rings. The van der Waals surface area contributed by atoms with Gasteiger partial charge in [0, 0.05) is 24.2 Å². The normalized spacial score (nSPS) is 15.5. The second kappa shape index (κ2) is 9.18. The van der Waals surface area contributed by atoms with Crippen molar-refractivity contribution >= 4 is 16.9 Å². The van der Waals surface area contributed by atoms with Crippen LogP contribution in [0.4, 0.5) is 19.0 Å². The van der Waals surface area contributed by atoms with Crippen LogP contribution in [0, 0.1) is 24.1 Å². The van der Waals surface area contributed by atoms with Gasteiger partial charge in [-0.15, -0.1) is 0 Å². The summed E-state index contributed by atoms with van der Waals surface area (Å²) in [5.41, 5.74) is 1.02. The predicted molar refractivity (Wildman–Crippen MR) is 124 cm³/mol. The third-order valence-corrected chi connectivity index (χ3v) is 6.30. The maximum Gasteiger partial charge on any atom is 0.266 e. The minimum atomic E-state index is -2.90. The van der Waals surface area contributed by atoms with Crippen LogP contribution in [0.25, 0.3) is 11.0 Å². The van der Waals surface area contributed by atoms with E-state index in [9.17, 15) is 18.4 Å². The van der Waals surface area contributed by atoms with E-state index in [2.05, 4.69) is 26.3 Å². The van der Waals surface area contributed by atoms with Gasteiger partial charge in [-0.25, -0.2) is 28.1 Å². The lowest BCUT2D eigenvalue weighted by atomic mass is 9.95. The summed E-state index contributed by atoms with van der Waals surface area (Å²) in [7, 11) is 3.90. The number of pyridine rings is 1. The monoisotopic (exact) mass is 468 g/mol. The average Bonchev–Trinajstić information content (AvgIpc) is 3.58. The van der Waals surface area contributed by atoms with Crippen molar-refractivity contribution in [3.63, 3.8) is 0 Å². The molecule has 2 heterocycles. The molecule has 178 valence electrons. The Morgan fingerprint density at radius 2 is 1.88 bits per heavy atom. The summed E-state index contributed by atoms with van der Waals surface area (Å²) in [6.07, 6.45) is -0.792. The fourth-order valence-electron chi connectivity index (χ4n) is 4.14. The summed E-state index contributed by atoms with van der Waals surface area (Å²) in [6, 6.07) is 7.65. The van der Waals surface area contributed by atoms with E-state index < -0.39 is 29.3 Å². The number of aromatic nitrogens is 3. The molecular weight excluding hydrogens is 441 g/mol. The van der Waals surface area contributed by atoms with Crippen molar-refractivity contribution in [2.75, 3.05) is 26.0 Å². The van der Waals surface area contributed by atoms with Gasteiger partial charge in [-0.05, 0) is 52.4 Å². The van der Waals surface area contributed by atoms with E-state index in [1.807, 2.05) is 32.0 Å². The number of halogens is 3. The van der Waals surface area contributed by atoms with Gasteiger partial charge < -0.3 is 10.2 Å². The van der Waals surface area contributed by atoms with Crippen molar-refractivity contribution in [2.45, 2.75) is 51.0 Å². The molecule has 1 N–H and O–H groups in total. The maximum atomic E-state index is 14.8. The summed E-state index contributed by atoms with van der Waals surface area (Å²) in [5, 5.41) is 13.5. The largest absolute Gasteiger partial charge is 0.363 e. The molecule has 6 nitrogen and oxygen atoms in total. The van der Waals surface area contributed by atoms with E-state index in [4.69, 9.17) is 0 Å². The molecule has 0 bridgehead atoms. The minimum absolute atomic E-state index is 0.121. The highest BCUT2D eigenvalue weighted by atomic mass is 19.3. The number of likely N-dealkylation sites (N-methyl/N-ethyl adjacent to an activating group) is 1. The van der Waals surface area contributed by atoms with Crippen LogP contribution >= 0.6 is 0 Å².